The van der Waals surface area contributed by atoms with Crippen molar-refractivity contribution in [1.29, 1.82) is 0 Å². The van der Waals surface area contributed by atoms with Gasteiger partial charge in [0.25, 0.3) is 0 Å². The number of aromatic amines is 1. The van der Waals surface area contributed by atoms with Crippen molar-refractivity contribution >= 4 is 16.8 Å². The zero-order valence-electron chi connectivity index (χ0n) is 21.5. The van der Waals surface area contributed by atoms with Crippen molar-refractivity contribution in [3.63, 3.8) is 0 Å². The van der Waals surface area contributed by atoms with Crippen molar-refractivity contribution in [2.24, 2.45) is 0 Å². The van der Waals surface area contributed by atoms with Crippen LogP contribution < -0.4 is 14.8 Å². The standard InChI is InChI=1S/C29H39N3O3/c1-5-21-11-8-12-23-25(18-30-29(21)23)24(22-13-14-26-27(16-22)35-19-34-26)17-28(33)31-20(4)10-9-15-32(6-2)7-3/h8,11-14,16,18,20,24,30H,5-7,9-10,15,17,19H2,1-4H3,(H,31,33). The minimum atomic E-state index is -0.0896. The molecule has 3 aromatic rings. The molecule has 0 spiro atoms. The zero-order valence-corrected chi connectivity index (χ0v) is 21.5. The molecule has 0 saturated heterocycles. The molecule has 2 aromatic carbocycles. The number of nitrogens with zero attached hydrogens (tertiary/aromatic N) is 1. The van der Waals surface area contributed by atoms with Crippen LogP contribution in [-0.4, -0.2) is 48.3 Å². The SMILES string of the molecule is CCc1cccc2c(C(CC(=O)NC(C)CCCN(CC)CC)c3ccc4c(c3)OCO4)c[nH]c12. The predicted octanol–water partition coefficient (Wildman–Crippen LogP) is 5.61. The molecule has 2 N–H and O–H groups in total. The molecule has 2 atom stereocenters. The van der Waals surface area contributed by atoms with E-state index in [2.05, 4.69) is 73.4 Å². The number of fused-ring (bicyclic) bond motifs is 2. The minimum absolute atomic E-state index is 0.0732. The van der Waals surface area contributed by atoms with E-state index in [1.807, 2.05) is 12.1 Å². The number of amides is 1. The van der Waals surface area contributed by atoms with Crippen LogP contribution in [0.5, 0.6) is 11.5 Å². The Balaban J connectivity index is 1.54. The van der Waals surface area contributed by atoms with Gasteiger partial charge in [0.1, 0.15) is 0 Å². The highest BCUT2D eigenvalue weighted by Gasteiger charge is 2.25. The summed E-state index contributed by atoms with van der Waals surface area (Å²) >= 11 is 0. The topological polar surface area (TPSA) is 66.6 Å². The lowest BCUT2D eigenvalue weighted by Gasteiger charge is -2.21. The minimum Gasteiger partial charge on any atom is -0.454 e. The summed E-state index contributed by atoms with van der Waals surface area (Å²) in [6, 6.07) is 12.6. The van der Waals surface area contributed by atoms with Gasteiger partial charge in [-0.3, -0.25) is 4.79 Å². The van der Waals surface area contributed by atoms with E-state index in [0.29, 0.717) is 6.42 Å². The number of H-pyrrole nitrogens is 1. The normalized spacial score (nSPS) is 14.4. The van der Waals surface area contributed by atoms with Crippen molar-refractivity contribution in [3.05, 3.63) is 59.3 Å². The Morgan fingerprint density at radius 2 is 1.91 bits per heavy atom. The average Bonchev–Trinajstić information content (AvgIpc) is 3.51. The van der Waals surface area contributed by atoms with Crippen LogP contribution in [0.4, 0.5) is 0 Å². The van der Waals surface area contributed by atoms with E-state index < -0.39 is 0 Å². The number of nitrogens with one attached hydrogen (secondary N) is 2. The second-order valence-electron chi connectivity index (χ2n) is 9.44. The van der Waals surface area contributed by atoms with Gasteiger partial charge in [-0.15, -0.1) is 0 Å². The highest BCUT2D eigenvalue weighted by Crippen LogP contribution is 2.39. The van der Waals surface area contributed by atoms with Crippen LogP contribution in [-0.2, 0) is 11.2 Å². The van der Waals surface area contributed by atoms with Gasteiger partial charge in [0.15, 0.2) is 11.5 Å². The quantitative estimate of drug-likeness (QED) is 0.356. The van der Waals surface area contributed by atoms with E-state index in [9.17, 15) is 4.79 Å². The van der Waals surface area contributed by atoms with Crippen LogP contribution >= 0.6 is 0 Å². The van der Waals surface area contributed by atoms with Crippen molar-refractivity contribution in [3.8, 4) is 11.5 Å². The Morgan fingerprint density at radius 1 is 1.11 bits per heavy atom. The van der Waals surface area contributed by atoms with Gasteiger partial charge >= 0.3 is 0 Å². The van der Waals surface area contributed by atoms with Gasteiger partial charge < -0.3 is 24.7 Å². The first-order valence-corrected chi connectivity index (χ1v) is 13.0. The number of carbonyl (C=O) groups is 1. The van der Waals surface area contributed by atoms with Crippen LogP contribution in [0.1, 0.15) is 69.6 Å². The third-order valence-corrected chi connectivity index (χ3v) is 7.19. The molecule has 0 radical (unpaired) electrons. The highest BCUT2D eigenvalue weighted by molar-refractivity contribution is 5.88. The van der Waals surface area contributed by atoms with Crippen LogP contribution in [0.25, 0.3) is 10.9 Å². The third-order valence-electron chi connectivity index (χ3n) is 7.19. The van der Waals surface area contributed by atoms with E-state index in [1.54, 1.807) is 0 Å². The molecule has 1 aliphatic rings. The maximum Gasteiger partial charge on any atom is 0.231 e. The van der Waals surface area contributed by atoms with Crippen LogP contribution in [0, 0.1) is 0 Å². The molecule has 188 valence electrons. The molecular weight excluding hydrogens is 438 g/mol. The summed E-state index contributed by atoms with van der Waals surface area (Å²) in [5, 5.41) is 4.42. The molecule has 35 heavy (non-hydrogen) atoms. The van der Waals surface area contributed by atoms with Gasteiger partial charge in [-0.2, -0.15) is 0 Å². The maximum absolute atomic E-state index is 13.2. The zero-order chi connectivity index (χ0) is 24.8. The molecule has 0 aliphatic carbocycles. The Morgan fingerprint density at radius 3 is 2.69 bits per heavy atom. The van der Waals surface area contributed by atoms with Crippen LogP contribution in [0.2, 0.25) is 0 Å². The van der Waals surface area contributed by atoms with Gasteiger partial charge in [0, 0.05) is 35.5 Å². The number of rotatable bonds is 12. The number of ether oxygens (including phenoxy) is 2. The van der Waals surface area contributed by atoms with Crippen molar-refractivity contribution < 1.29 is 14.3 Å². The summed E-state index contributed by atoms with van der Waals surface area (Å²) in [7, 11) is 0. The number of hydrogen-bond donors (Lipinski definition) is 2. The molecule has 0 fully saturated rings. The smallest absolute Gasteiger partial charge is 0.231 e. The second kappa shape index (κ2) is 11.6. The lowest BCUT2D eigenvalue weighted by atomic mass is 9.87. The Hall–Kier alpha value is -2.99. The summed E-state index contributed by atoms with van der Waals surface area (Å²) < 4.78 is 11.2. The maximum atomic E-state index is 13.2. The molecular formula is C29H39N3O3. The molecule has 1 aromatic heterocycles. The fourth-order valence-corrected chi connectivity index (χ4v) is 5.11. The van der Waals surface area contributed by atoms with Gasteiger partial charge in [-0.1, -0.05) is 45.0 Å². The Kier molecular flexibility index (Phi) is 8.34. The third kappa shape index (κ3) is 5.81. The molecule has 1 aliphatic heterocycles. The molecule has 2 heterocycles. The summed E-state index contributed by atoms with van der Waals surface area (Å²) in [5.74, 6) is 1.48. The number of benzene rings is 2. The number of hydrogen-bond acceptors (Lipinski definition) is 4. The van der Waals surface area contributed by atoms with Crippen molar-refractivity contribution in [2.45, 2.75) is 65.3 Å². The van der Waals surface area contributed by atoms with E-state index in [0.717, 1.165) is 67.0 Å². The molecule has 6 nitrogen and oxygen atoms in total. The highest BCUT2D eigenvalue weighted by atomic mass is 16.7. The van der Waals surface area contributed by atoms with Crippen molar-refractivity contribution in [1.82, 2.24) is 15.2 Å². The Bertz CT molecular complexity index is 1140. The van der Waals surface area contributed by atoms with Gasteiger partial charge in [-0.05, 0) is 74.6 Å². The number of para-hydroxylation sites is 1. The molecule has 0 bridgehead atoms. The van der Waals surface area contributed by atoms with Gasteiger partial charge in [0.2, 0.25) is 12.7 Å². The fourth-order valence-electron chi connectivity index (χ4n) is 5.11. The number of aromatic nitrogens is 1. The van der Waals surface area contributed by atoms with E-state index in [-0.39, 0.29) is 24.7 Å². The number of aryl methyl sites for hydroxylation is 1. The summed E-state index contributed by atoms with van der Waals surface area (Å²) in [5.41, 5.74) is 4.63. The Labute approximate surface area is 209 Å². The first-order valence-electron chi connectivity index (χ1n) is 13.0. The fraction of sp³-hybridized carbons (Fsp3) is 0.483. The lowest BCUT2D eigenvalue weighted by Crippen LogP contribution is -2.34. The number of carbonyl (C=O) groups excluding carboxylic acids is 1. The lowest BCUT2D eigenvalue weighted by molar-refractivity contribution is -0.121. The largest absolute Gasteiger partial charge is 0.454 e. The van der Waals surface area contributed by atoms with Crippen LogP contribution in [0.3, 0.4) is 0 Å². The molecule has 4 rings (SSSR count). The van der Waals surface area contributed by atoms with Gasteiger partial charge in [0.05, 0.1) is 0 Å². The molecule has 6 heteroatoms. The van der Waals surface area contributed by atoms with E-state index in [4.69, 9.17) is 9.47 Å². The van der Waals surface area contributed by atoms with Crippen LogP contribution in [0.15, 0.2) is 42.6 Å². The van der Waals surface area contributed by atoms with Crippen molar-refractivity contribution in [2.75, 3.05) is 26.4 Å². The second-order valence-corrected chi connectivity index (χ2v) is 9.44. The van der Waals surface area contributed by atoms with E-state index >= 15 is 0 Å². The average molecular weight is 478 g/mol. The molecule has 2 unspecified atom stereocenters. The monoisotopic (exact) mass is 477 g/mol. The molecule has 0 saturated carbocycles. The van der Waals surface area contributed by atoms with Gasteiger partial charge in [-0.25, -0.2) is 0 Å². The first kappa shape index (κ1) is 25.1. The summed E-state index contributed by atoms with van der Waals surface area (Å²) in [4.78, 5) is 19.2. The van der Waals surface area contributed by atoms with E-state index in [1.165, 1.54) is 10.9 Å². The summed E-state index contributed by atoms with van der Waals surface area (Å²) in [6.07, 6.45) is 5.46. The predicted molar refractivity (Wildman–Crippen MR) is 141 cm³/mol. The summed E-state index contributed by atoms with van der Waals surface area (Å²) in [6.45, 7) is 12.1. The molecule has 1 amide bonds. The first-order chi connectivity index (χ1) is 17.0.